The number of rotatable bonds is 5. The summed E-state index contributed by atoms with van der Waals surface area (Å²) in [5.41, 5.74) is 2.56. The molecule has 3 rings (SSSR count). The summed E-state index contributed by atoms with van der Waals surface area (Å²) in [6, 6.07) is 12.6. The molecule has 0 aliphatic carbocycles. The lowest BCUT2D eigenvalue weighted by Crippen LogP contribution is -2.11. The van der Waals surface area contributed by atoms with Crippen molar-refractivity contribution in [1.29, 1.82) is 0 Å². The molecule has 0 bridgehead atoms. The quantitative estimate of drug-likeness (QED) is 0.707. The first-order valence-corrected chi connectivity index (χ1v) is 8.59. The first kappa shape index (κ1) is 17.8. The van der Waals surface area contributed by atoms with Crippen molar-refractivity contribution in [1.82, 2.24) is 4.98 Å². The molecule has 0 radical (unpaired) electrons. The summed E-state index contributed by atoms with van der Waals surface area (Å²) < 4.78 is 13.0. The average molecular weight is 370 g/mol. The van der Waals surface area contributed by atoms with Gasteiger partial charge in [-0.3, -0.25) is 9.59 Å². The van der Waals surface area contributed by atoms with Crippen LogP contribution in [0.3, 0.4) is 0 Å². The molecule has 2 aromatic carbocycles. The van der Waals surface area contributed by atoms with Crippen molar-refractivity contribution in [2.45, 2.75) is 13.3 Å². The minimum Gasteiger partial charge on any atom is -0.481 e. The summed E-state index contributed by atoms with van der Waals surface area (Å²) >= 11 is 1.23. The molecule has 132 valence electrons. The molecule has 5 nitrogen and oxygen atoms in total. The number of carbonyl (C=O) groups excluding carboxylic acids is 1. The van der Waals surface area contributed by atoms with Gasteiger partial charge in [0.05, 0.1) is 12.1 Å². The second-order valence-corrected chi connectivity index (χ2v) is 6.66. The Morgan fingerprint density at radius 2 is 1.77 bits per heavy atom. The van der Waals surface area contributed by atoms with Gasteiger partial charge >= 0.3 is 5.97 Å². The van der Waals surface area contributed by atoms with E-state index in [0.717, 1.165) is 5.56 Å². The van der Waals surface area contributed by atoms with Crippen LogP contribution in [0.2, 0.25) is 0 Å². The highest BCUT2D eigenvalue weighted by molar-refractivity contribution is 7.17. The largest absolute Gasteiger partial charge is 0.481 e. The number of hydrogen-bond donors (Lipinski definition) is 2. The van der Waals surface area contributed by atoms with Crippen molar-refractivity contribution in [2.24, 2.45) is 0 Å². The monoisotopic (exact) mass is 370 g/mol. The zero-order chi connectivity index (χ0) is 18.7. The van der Waals surface area contributed by atoms with Gasteiger partial charge in [0.1, 0.15) is 15.7 Å². The zero-order valence-electron chi connectivity index (χ0n) is 13.8. The van der Waals surface area contributed by atoms with E-state index in [0.29, 0.717) is 26.8 Å². The highest BCUT2D eigenvalue weighted by Gasteiger charge is 2.16. The summed E-state index contributed by atoms with van der Waals surface area (Å²) in [6.07, 6.45) is -0.0663. The number of thiazole rings is 1. The van der Waals surface area contributed by atoms with Gasteiger partial charge in [0, 0.05) is 11.3 Å². The van der Waals surface area contributed by atoms with E-state index in [1.54, 1.807) is 43.3 Å². The van der Waals surface area contributed by atoms with Crippen LogP contribution in [0, 0.1) is 12.7 Å². The Kier molecular flexibility index (Phi) is 5.09. The molecule has 0 fully saturated rings. The molecule has 0 aliphatic heterocycles. The van der Waals surface area contributed by atoms with E-state index in [1.165, 1.54) is 23.5 Å². The van der Waals surface area contributed by atoms with Gasteiger partial charge in [-0.25, -0.2) is 9.37 Å². The van der Waals surface area contributed by atoms with E-state index in [4.69, 9.17) is 5.11 Å². The molecule has 0 spiro atoms. The Morgan fingerprint density at radius 1 is 1.12 bits per heavy atom. The number of benzene rings is 2. The smallest absolute Gasteiger partial charge is 0.307 e. The molecule has 0 atom stereocenters. The fraction of sp³-hybridized carbons (Fsp3) is 0.105. The number of nitrogens with one attached hydrogen (secondary N) is 1. The van der Waals surface area contributed by atoms with Gasteiger partial charge in [-0.1, -0.05) is 12.1 Å². The summed E-state index contributed by atoms with van der Waals surface area (Å²) in [5, 5.41) is 12.2. The van der Waals surface area contributed by atoms with E-state index < -0.39 is 5.97 Å². The maximum Gasteiger partial charge on any atom is 0.307 e. The zero-order valence-corrected chi connectivity index (χ0v) is 14.6. The van der Waals surface area contributed by atoms with Crippen molar-refractivity contribution in [2.75, 3.05) is 5.32 Å². The third-order valence-corrected chi connectivity index (χ3v) is 4.87. The van der Waals surface area contributed by atoms with Gasteiger partial charge in [-0.15, -0.1) is 11.3 Å². The number of nitrogens with zero attached hydrogens (tertiary/aromatic N) is 1. The highest BCUT2D eigenvalue weighted by atomic mass is 32.1. The predicted molar refractivity (Wildman–Crippen MR) is 98.0 cm³/mol. The van der Waals surface area contributed by atoms with Crippen molar-refractivity contribution in [3.05, 3.63) is 70.5 Å². The Morgan fingerprint density at radius 3 is 2.38 bits per heavy atom. The van der Waals surface area contributed by atoms with Crippen LogP contribution in [0.25, 0.3) is 10.6 Å². The number of aliphatic carboxylic acids is 1. The lowest BCUT2D eigenvalue weighted by molar-refractivity contribution is -0.136. The summed E-state index contributed by atoms with van der Waals surface area (Å²) in [4.78, 5) is 28.1. The van der Waals surface area contributed by atoms with Gasteiger partial charge in [0.25, 0.3) is 5.91 Å². The molecule has 0 saturated heterocycles. The van der Waals surface area contributed by atoms with Gasteiger partial charge in [-0.2, -0.15) is 0 Å². The third kappa shape index (κ3) is 4.12. The van der Waals surface area contributed by atoms with Crippen LogP contribution in [0.4, 0.5) is 10.1 Å². The Balaban J connectivity index is 1.75. The normalized spacial score (nSPS) is 10.5. The lowest BCUT2D eigenvalue weighted by atomic mass is 10.1. The molecule has 7 heteroatoms. The molecular weight excluding hydrogens is 355 g/mol. The molecule has 0 unspecified atom stereocenters. The van der Waals surface area contributed by atoms with E-state index in [1.807, 2.05) is 0 Å². The van der Waals surface area contributed by atoms with Crippen LogP contribution in [0.1, 0.15) is 20.9 Å². The predicted octanol–water partition coefficient (Wildman–Crippen LogP) is 4.14. The van der Waals surface area contributed by atoms with Crippen LogP contribution in [-0.4, -0.2) is 22.0 Å². The Hall–Kier alpha value is -3.06. The van der Waals surface area contributed by atoms with Crippen LogP contribution in [-0.2, 0) is 11.2 Å². The minimum absolute atomic E-state index is 0.0663. The van der Waals surface area contributed by atoms with Crippen LogP contribution < -0.4 is 5.32 Å². The second-order valence-electron chi connectivity index (χ2n) is 5.66. The summed E-state index contributed by atoms with van der Waals surface area (Å²) in [6.45, 7) is 1.74. The van der Waals surface area contributed by atoms with Crippen molar-refractivity contribution < 1.29 is 19.1 Å². The topological polar surface area (TPSA) is 79.3 Å². The number of aromatic nitrogens is 1. The molecule has 1 aromatic heterocycles. The molecule has 1 amide bonds. The SMILES string of the molecule is Cc1nc(-c2ccc(F)cc2)sc1C(=O)Nc1ccc(CC(=O)O)cc1. The molecule has 2 N–H and O–H groups in total. The summed E-state index contributed by atoms with van der Waals surface area (Å²) in [5.74, 6) is -1.53. The van der Waals surface area contributed by atoms with E-state index >= 15 is 0 Å². The molecule has 3 aromatic rings. The van der Waals surface area contributed by atoms with Gasteiger partial charge in [0.15, 0.2) is 0 Å². The van der Waals surface area contributed by atoms with Crippen molar-refractivity contribution in [3.8, 4) is 10.6 Å². The lowest BCUT2D eigenvalue weighted by Gasteiger charge is -2.05. The number of amides is 1. The van der Waals surface area contributed by atoms with Gasteiger partial charge in [0.2, 0.25) is 0 Å². The highest BCUT2D eigenvalue weighted by Crippen LogP contribution is 2.28. The minimum atomic E-state index is -0.907. The van der Waals surface area contributed by atoms with E-state index in [2.05, 4.69) is 10.3 Å². The Labute approximate surface area is 153 Å². The van der Waals surface area contributed by atoms with Crippen LogP contribution in [0.5, 0.6) is 0 Å². The fourth-order valence-electron chi connectivity index (χ4n) is 2.39. The van der Waals surface area contributed by atoms with Crippen molar-refractivity contribution in [3.63, 3.8) is 0 Å². The molecule has 0 saturated carbocycles. The number of hydrogen-bond acceptors (Lipinski definition) is 4. The molecule has 0 aliphatic rings. The number of aryl methyl sites for hydroxylation is 1. The molecular formula is C19H15FN2O3S. The number of halogens is 1. The van der Waals surface area contributed by atoms with E-state index in [9.17, 15) is 14.0 Å². The number of carbonyl (C=O) groups is 2. The van der Waals surface area contributed by atoms with Crippen LogP contribution >= 0.6 is 11.3 Å². The van der Waals surface area contributed by atoms with Gasteiger partial charge in [-0.05, 0) is 48.9 Å². The van der Waals surface area contributed by atoms with Gasteiger partial charge < -0.3 is 10.4 Å². The Bertz CT molecular complexity index is 950. The fourth-order valence-corrected chi connectivity index (χ4v) is 3.36. The van der Waals surface area contributed by atoms with E-state index in [-0.39, 0.29) is 18.1 Å². The average Bonchev–Trinajstić information content (AvgIpc) is 2.99. The molecule has 26 heavy (non-hydrogen) atoms. The third-order valence-electron chi connectivity index (χ3n) is 3.66. The number of carboxylic acid groups (broad SMARTS) is 1. The first-order valence-electron chi connectivity index (χ1n) is 7.78. The number of carboxylic acids is 1. The number of anilines is 1. The van der Waals surface area contributed by atoms with Crippen LogP contribution in [0.15, 0.2) is 48.5 Å². The maximum absolute atomic E-state index is 13.0. The second kappa shape index (κ2) is 7.45. The molecule has 1 heterocycles. The first-order chi connectivity index (χ1) is 12.4. The standard InChI is InChI=1S/C19H15FN2O3S/c1-11-17(26-19(21-11)13-4-6-14(20)7-5-13)18(25)22-15-8-2-12(3-9-15)10-16(23)24/h2-9H,10H2,1H3,(H,22,25)(H,23,24). The maximum atomic E-state index is 13.0. The van der Waals surface area contributed by atoms with Crippen molar-refractivity contribution >= 4 is 28.9 Å². The summed E-state index contributed by atoms with van der Waals surface area (Å²) in [7, 11) is 0.